The minimum Gasteiger partial charge on any atom is -0.347 e. The number of aromatic nitrogens is 1. The molecule has 18 heavy (non-hydrogen) atoms. The van der Waals surface area contributed by atoms with E-state index in [1.165, 1.54) is 22.2 Å². The summed E-state index contributed by atoms with van der Waals surface area (Å²) in [5.74, 6) is 0. The van der Waals surface area contributed by atoms with Crippen LogP contribution in [0, 0.1) is 0 Å². The molecule has 1 aromatic carbocycles. The molecule has 0 atom stereocenters. The Labute approximate surface area is 111 Å². The van der Waals surface area contributed by atoms with Gasteiger partial charge >= 0.3 is 0 Å². The maximum absolute atomic E-state index is 2.37. The van der Waals surface area contributed by atoms with Crippen molar-refractivity contribution in [1.29, 1.82) is 0 Å². The summed E-state index contributed by atoms with van der Waals surface area (Å²) >= 11 is 0. The van der Waals surface area contributed by atoms with Crippen LogP contribution in [-0.2, 0) is 17.9 Å². The Morgan fingerprint density at radius 3 is 1.89 bits per heavy atom. The standard InChI is InChI=1S/C17H25N/c1-16(2,3)14-12-10-8-9-11-13(12)18(7)15(14)17(4,5)6/h8-11H,1-7H3. The number of aryl methyl sites for hydroxylation is 1. The normalized spacial score (nSPS) is 13.3. The predicted octanol–water partition coefficient (Wildman–Crippen LogP) is 4.77. The molecule has 0 N–H and O–H groups in total. The highest BCUT2D eigenvalue weighted by atomic mass is 15.0. The molecule has 0 aliphatic rings. The van der Waals surface area contributed by atoms with Crippen molar-refractivity contribution in [3.8, 4) is 0 Å². The van der Waals surface area contributed by atoms with Crippen molar-refractivity contribution in [3.63, 3.8) is 0 Å². The molecular weight excluding hydrogens is 218 g/mol. The molecule has 0 fully saturated rings. The molecule has 0 amide bonds. The fourth-order valence-corrected chi connectivity index (χ4v) is 3.03. The second-order valence-electron chi connectivity index (χ2n) is 7.30. The molecule has 0 unspecified atom stereocenters. The average molecular weight is 243 g/mol. The zero-order valence-corrected chi connectivity index (χ0v) is 12.8. The lowest BCUT2D eigenvalue weighted by Crippen LogP contribution is -2.23. The van der Waals surface area contributed by atoms with Crippen LogP contribution in [0.1, 0.15) is 52.8 Å². The zero-order valence-electron chi connectivity index (χ0n) is 12.8. The Morgan fingerprint density at radius 2 is 1.39 bits per heavy atom. The van der Waals surface area contributed by atoms with Gasteiger partial charge in [-0.3, -0.25) is 0 Å². The molecule has 1 heteroatoms. The predicted molar refractivity (Wildman–Crippen MR) is 80.3 cm³/mol. The topological polar surface area (TPSA) is 4.93 Å². The summed E-state index contributed by atoms with van der Waals surface area (Å²) in [7, 11) is 2.19. The van der Waals surface area contributed by atoms with Crippen LogP contribution < -0.4 is 0 Å². The van der Waals surface area contributed by atoms with Crippen molar-refractivity contribution in [2.45, 2.75) is 52.4 Å². The van der Waals surface area contributed by atoms with Gasteiger partial charge in [-0.25, -0.2) is 0 Å². The fourth-order valence-electron chi connectivity index (χ4n) is 3.03. The lowest BCUT2D eigenvalue weighted by atomic mass is 9.78. The first-order chi connectivity index (χ1) is 8.14. The molecule has 0 spiro atoms. The van der Waals surface area contributed by atoms with E-state index in [0.29, 0.717) is 0 Å². The van der Waals surface area contributed by atoms with Crippen LogP contribution in [0.5, 0.6) is 0 Å². The number of para-hydroxylation sites is 1. The largest absolute Gasteiger partial charge is 0.347 e. The second kappa shape index (κ2) is 3.88. The van der Waals surface area contributed by atoms with Crippen molar-refractivity contribution in [3.05, 3.63) is 35.5 Å². The van der Waals surface area contributed by atoms with Gasteiger partial charge < -0.3 is 4.57 Å². The first-order valence-electron chi connectivity index (χ1n) is 6.72. The van der Waals surface area contributed by atoms with Crippen LogP contribution in [0.15, 0.2) is 24.3 Å². The quantitative estimate of drug-likeness (QED) is 0.628. The molecule has 2 aromatic rings. The van der Waals surface area contributed by atoms with E-state index in [1.54, 1.807) is 0 Å². The maximum Gasteiger partial charge on any atom is 0.0483 e. The molecule has 0 radical (unpaired) electrons. The average Bonchev–Trinajstić information content (AvgIpc) is 2.52. The van der Waals surface area contributed by atoms with Gasteiger partial charge in [0.05, 0.1) is 0 Å². The van der Waals surface area contributed by atoms with Gasteiger partial charge in [-0.05, 0) is 17.0 Å². The van der Waals surface area contributed by atoms with E-state index < -0.39 is 0 Å². The van der Waals surface area contributed by atoms with Crippen molar-refractivity contribution >= 4 is 10.9 Å². The Kier molecular flexibility index (Phi) is 2.84. The van der Waals surface area contributed by atoms with Gasteiger partial charge in [0, 0.05) is 29.1 Å². The monoisotopic (exact) mass is 243 g/mol. The first kappa shape index (κ1) is 13.2. The molecule has 1 heterocycles. The fraction of sp³-hybridized carbons (Fsp3) is 0.529. The van der Waals surface area contributed by atoms with Crippen molar-refractivity contribution in [2.24, 2.45) is 7.05 Å². The number of fused-ring (bicyclic) bond motifs is 1. The Morgan fingerprint density at radius 1 is 0.833 bits per heavy atom. The third-order valence-electron chi connectivity index (χ3n) is 3.57. The molecule has 1 nitrogen and oxygen atoms in total. The lowest BCUT2D eigenvalue weighted by molar-refractivity contribution is 0.505. The molecule has 98 valence electrons. The highest BCUT2D eigenvalue weighted by Gasteiger charge is 2.30. The maximum atomic E-state index is 2.37. The minimum atomic E-state index is 0.163. The van der Waals surface area contributed by atoms with Gasteiger partial charge in [0.25, 0.3) is 0 Å². The third-order valence-corrected chi connectivity index (χ3v) is 3.57. The summed E-state index contributed by atoms with van der Waals surface area (Å²) in [6.45, 7) is 13.8. The second-order valence-corrected chi connectivity index (χ2v) is 7.30. The summed E-state index contributed by atoms with van der Waals surface area (Å²) in [6, 6.07) is 8.75. The first-order valence-corrected chi connectivity index (χ1v) is 6.72. The van der Waals surface area contributed by atoms with E-state index in [0.717, 1.165) is 0 Å². The van der Waals surface area contributed by atoms with Crippen molar-refractivity contribution in [2.75, 3.05) is 0 Å². The van der Waals surface area contributed by atoms with E-state index in [9.17, 15) is 0 Å². The number of hydrogen-bond acceptors (Lipinski definition) is 0. The van der Waals surface area contributed by atoms with E-state index in [1.807, 2.05) is 0 Å². The lowest BCUT2D eigenvalue weighted by Gasteiger charge is -2.28. The number of benzene rings is 1. The summed E-state index contributed by atoms with van der Waals surface area (Å²) in [5.41, 5.74) is 4.62. The van der Waals surface area contributed by atoms with Gasteiger partial charge in [0.15, 0.2) is 0 Å². The number of rotatable bonds is 0. The molecule has 0 saturated carbocycles. The van der Waals surface area contributed by atoms with E-state index in [-0.39, 0.29) is 10.8 Å². The SMILES string of the molecule is Cn1c(C(C)(C)C)c(C(C)(C)C)c2ccccc21. The molecule has 0 aliphatic heterocycles. The highest BCUT2D eigenvalue weighted by molar-refractivity contribution is 5.87. The van der Waals surface area contributed by atoms with Crippen LogP contribution in [-0.4, -0.2) is 4.57 Å². The molecule has 0 aliphatic carbocycles. The van der Waals surface area contributed by atoms with Crippen LogP contribution in [0.4, 0.5) is 0 Å². The van der Waals surface area contributed by atoms with Crippen LogP contribution in [0.2, 0.25) is 0 Å². The Bertz CT molecular complexity index is 574. The van der Waals surface area contributed by atoms with Gasteiger partial charge in [-0.2, -0.15) is 0 Å². The third kappa shape index (κ3) is 1.96. The summed E-state index contributed by atoms with van der Waals surface area (Å²) in [5, 5.41) is 1.40. The minimum absolute atomic E-state index is 0.163. The van der Waals surface area contributed by atoms with Crippen molar-refractivity contribution in [1.82, 2.24) is 4.57 Å². The number of hydrogen-bond donors (Lipinski definition) is 0. The number of nitrogens with zero attached hydrogens (tertiary/aromatic N) is 1. The Balaban J connectivity index is 2.96. The van der Waals surface area contributed by atoms with E-state index in [4.69, 9.17) is 0 Å². The molecule has 0 saturated heterocycles. The van der Waals surface area contributed by atoms with Gasteiger partial charge in [0.2, 0.25) is 0 Å². The molecule has 0 bridgehead atoms. The van der Waals surface area contributed by atoms with Crippen LogP contribution >= 0.6 is 0 Å². The Hall–Kier alpha value is -1.24. The van der Waals surface area contributed by atoms with Crippen molar-refractivity contribution < 1.29 is 0 Å². The smallest absolute Gasteiger partial charge is 0.0483 e. The summed E-state index contributed by atoms with van der Waals surface area (Å²) in [4.78, 5) is 0. The van der Waals surface area contributed by atoms with Gasteiger partial charge in [-0.1, -0.05) is 59.7 Å². The molecule has 1 aromatic heterocycles. The van der Waals surface area contributed by atoms with Crippen LogP contribution in [0.3, 0.4) is 0 Å². The highest BCUT2D eigenvalue weighted by Crippen LogP contribution is 2.40. The van der Waals surface area contributed by atoms with Gasteiger partial charge in [0.1, 0.15) is 0 Å². The van der Waals surface area contributed by atoms with Crippen LogP contribution in [0.25, 0.3) is 10.9 Å². The molecular formula is C17H25N. The van der Waals surface area contributed by atoms with E-state index in [2.05, 4.69) is 77.4 Å². The van der Waals surface area contributed by atoms with E-state index >= 15 is 0 Å². The summed E-state index contributed by atoms with van der Waals surface area (Å²) < 4.78 is 2.37. The van der Waals surface area contributed by atoms with Gasteiger partial charge in [-0.15, -0.1) is 0 Å². The molecule has 2 rings (SSSR count). The summed E-state index contributed by atoms with van der Waals surface area (Å²) in [6.07, 6.45) is 0. The zero-order chi connectivity index (χ0) is 13.7.